The van der Waals surface area contributed by atoms with Gasteiger partial charge in [0.2, 0.25) is 0 Å². The highest BCUT2D eigenvalue weighted by atomic mass is 19.4. The predicted octanol–water partition coefficient (Wildman–Crippen LogP) is 3.31. The minimum atomic E-state index is -4.50. The van der Waals surface area contributed by atoms with Gasteiger partial charge in [0.25, 0.3) is 0 Å². The summed E-state index contributed by atoms with van der Waals surface area (Å²) in [4.78, 5) is 11.9. The fraction of sp³-hybridized carbons (Fsp3) is 0.429. The van der Waals surface area contributed by atoms with Gasteiger partial charge < -0.3 is 14.5 Å². The van der Waals surface area contributed by atoms with E-state index in [9.17, 15) is 18.0 Å². The maximum absolute atomic E-state index is 13.4. The van der Waals surface area contributed by atoms with Crippen LogP contribution < -0.4 is 5.32 Å². The number of alkyl halides is 3. The van der Waals surface area contributed by atoms with Gasteiger partial charge in [-0.25, -0.2) is 9.48 Å². The number of furan rings is 1. The summed E-state index contributed by atoms with van der Waals surface area (Å²) in [6.45, 7) is 1.74. The number of hydrogen-bond donors (Lipinski definition) is 1. The Bertz CT molecular complexity index is 694. The lowest BCUT2D eigenvalue weighted by atomic mass is 10.0. The van der Waals surface area contributed by atoms with E-state index in [1.54, 1.807) is 19.1 Å². The predicted molar refractivity (Wildman–Crippen MR) is 73.0 cm³/mol. The molecule has 23 heavy (non-hydrogen) atoms. The zero-order chi connectivity index (χ0) is 16.6. The average molecular weight is 329 g/mol. The molecule has 0 fully saturated rings. The Hall–Kier alpha value is -2.45. The largest absolute Gasteiger partial charge is 0.467 e. The second-order valence-electron chi connectivity index (χ2n) is 5.08. The molecule has 6 nitrogen and oxygen atoms in total. The van der Waals surface area contributed by atoms with Gasteiger partial charge in [-0.05, 0) is 19.1 Å². The number of nitrogens with one attached hydrogen (secondary N) is 1. The molecule has 9 heteroatoms. The van der Waals surface area contributed by atoms with Gasteiger partial charge in [-0.2, -0.15) is 18.3 Å². The smallest absolute Gasteiger partial charge is 0.410 e. The second kappa shape index (κ2) is 5.64. The van der Waals surface area contributed by atoms with Gasteiger partial charge in [-0.1, -0.05) is 0 Å². The number of hydrogen-bond acceptors (Lipinski definition) is 5. The minimum absolute atomic E-state index is 0.0153. The molecule has 124 valence electrons. The van der Waals surface area contributed by atoms with Gasteiger partial charge in [-0.3, -0.25) is 0 Å². The fourth-order valence-corrected chi connectivity index (χ4v) is 2.60. The number of esters is 1. The molecule has 3 rings (SSSR count). The first kappa shape index (κ1) is 15.4. The van der Waals surface area contributed by atoms with Crippen molar-refractivity contribution in [3.8, 4) is 0 Å². The normalized spacial score (nSPS) is 20.7. The standard InChI is InChI=1S/C14H14F3N3O3/c1-2-22-13(21)8-7-18-20-11(14(15,16)17)6-9(19-12(8)20)10-4-3-5-23-10/h3-5,7,9,11,19H,2,6H2,1H3. The Morgan fingerprint density at radius 2 is 2.35 bits per heavy atom. The molecule has 2 atom stereocenters. The average Bonchev–Trinajstić information content (AvgIpc) is 3.14. The lowest BCUT2D eigenvalue weighted by molar-refractivity contribution is -0.174. The number of nitrogens with zero attached hydrogens (tertiary/aromatic N) is 2. The molecule has 0 saturated heterocycles. The number of rotatable bonds is 3. The topological polar surface area (TPSA) is 69.3 Å². The Morgan fingerprint density at radius 3 is 2.96 bits per heavy atom. The molecule has 0 saturated carbocycles. The van der Waals surface area contributed by atoms with Crippen molar-refractivity contribution in [2.45, 2.75) is 31.6 Å². The summed E-state index contributed by atoms with van der Waals surface area (Å²) in [5.41, 5.74) is -0.0302. The summed E-state index contributed by atoms with van der Waals surface area (Å²) < 4.78 is 50.9. The lowest BCUT2D eigenvalue weighted by Crippen LogP contribution is -2.36. The van der Waals surface area contributed by atoms with Crippen molar-refractivity contribution < 1.29 is 27.1 Å². The Kier molecular flexibility index (Phi) is 3.78. The number of ether oxygens (including phenoxy) is 1. The van der Waals surface area contributed by atoms with Crippen LogP contribution in [-0.4, -0.2) is 28.5 Å². The fourth-order valence-electron chi connectivity index (χ4n) is 2.60. The number of halogens is 3. The third-order valence-electron chi connectivity index (χ3n) is 3.62. The molecular formula is C14H14F3N3O3. The maximum Gasteiger partial charge on any atom is 0.410 e. The van der Waals surface area contributed by atoms with Crippen LogP contribution in [0.1, 0.15) is 41.5 Å². The van der Waals surface area contributed by atoms with Crippen LogP contribution in [0, 0.1) is 0 Å². The molecule has 2 unspecified atom stereocenters. The van der Waals surface area contributed by atoms with E-state index >= 15 is 0 Å². The molecule has 0 spiro atoms. The summed E-state index contributed by atoms with van der Waals surface area (Å²) in [5.74, 6) is -0.373. The third-order valence-corrected chi connectivity index (χ3v) is 3.62. The van der Waals surface area contributed by atoms with Crippen molar-refractivity contribution in [2.75, 3.05) is 11.9 Å². The lowest BCUT2D eigenvalue weighted by Gasteiger charge is -2.32. The molecule has 0 bridgehead atoms. The van der Waals surface area contributed by atoms with Crippen LogP contribution >= 0.6 is 0 Å². The van der Waals surface area contributed by atoms with Crippen LogP contribution in [0.25, 0.3) is 0 Å². The van der Waals surface area contributed by atoms with E-state index in [4.69, 9.17) is 9.15 Å². The van der Waals surface area contributed by atoms with E-state index in [1.165, 1.54) is 6.26 Å². The van der Waals surface area contributed by atoms with Crippen molar-refractivity contribution in [1.29, 1.82) is 0 Å². The monoisotopic (exact) mass is 329 g/mol. The summed E-state index contributed by atoms with van der Waals surface area (Å²) in [7, 11) is 0. The highest BCUT2D eigenvalue weighted by Crippen LogP contribution is 2.44. The molecule has 0 aliphatic carbocycles. The summed E-state index contributed by atoms with van der Waals surface area (Å²) in [6.07, 6.45) is -2.31. The van der Waals surface area contributed by atoms with Crippen LogP contribution in [0.15, 0.2) is 29.0 Å². The van der Waals surface area contributed by atoms with Crippen LogP contribution in [0.2, 0.25) is 0 Å². The van der Waals surface area contributed by atoms with Gasteiger partial charge in [-0.15, -0.1) is 0 Å². The van der Waals surface area contributed by atoms with Gasteiger partial charge in [0.1, 0.15) is 17.1 Å². The quantitative estimate of drug-likeness (QED) is 0.875. The molecule has 2 aromatic rings. The molecule has 0 amide bonds. The molecule has 1 N–H and O–H groups in total. The van der Waals surface area contributed by atoms with Crippen molar-refractivity contribution in [1.82, 2.24) is 9.78 Å². The molecule has 1 aliphatic heterocycles. The molecule has 1 aliphatic rings. The highest BCUT2D eigenvalue weighted by molar-refractivity contribution is 5.94. The first-order chi connectivity index (χ1) is 10.9. The zero-order valence-electron chi connectivity index (χ0n) is 12.1. The maximum atomic E-state index is 13.4. The molecular weight excluding hydrogens is 315 g/mol. The number of fused-ring (bicyclic) bond motifs is 1. The number of aromatic nitrogens is 2. The van der Waals surface area contributed by atoms with E-state index in [-0.39, 0.29) is 24.4 Å². The van der Waals surface area contributed by atoms with E-state index in [1.807, 2.05) is 0 Å². The molecule has 0 aromatic carbocycles. The number of carbonyl (C=O) groups excluding carboxylic acids is 1. The van der Waals surface area contributed by atoms with Crippen molar-refractivity contribution >= 4 is 11.8 Å². The van der Waals surface area contributed by atoms with Gasteiger partial charge in [0.15, 0.2) is 6.04 Å². The van der Waals surface area contributed by atoms with Crippen LogP contribution in [0.5, 0.6) is 0 Å². The Morgan fingerprint density at radius 1 is 1.57 bits per heavy atom. The van der Waals surface area contributed by atoms with Gasteiger partial charge in [0.05, 0.1) is 25.1 Å². The van der Waals surface area contributed by atoms with Crippen LogP contribution in [0.4, 0.5) is 19.0 Å². The summed E-state index contributed by atoms with van der Waals surface area (Å²) in [6, 6.07) is 0.616. The Balaban J connectivity index is 2.02. The first-order valence-corrected chi connectivity index (χ1v) is 7.03. The van der Waals surface area contributed by atoms with Gasteiger partial charge in [0, 0.05) is 6.42 Å². The van der Waals surface area contributed by atoms with Crippen molar-refractivity contribution in [3.05, 3.63) is 35.9 Å². The van der Waals surface area contributed by atoms with Crippen molar-refractivity contribution in [2.24, 2.45) is 0 Å². The van der Waals surface area contributed by atoms with E-state index in [2.05, 4.69) is 10.4 Å². The molecule has 3 heterocycles. The zero-order valence-corrected chi connectivity index (χ0v) is 12.1. The third kappa shape index (κ3) is 2.78. The minimum Gasteiger partial charge on any atom is -0.467 e. The van der Waals surface area contributed by atoms with Gasteiger partial charge >= 0.3 is 12.1 Å². The second-order valence-corrected chi connectivity index (χ2v) is 5.08. The SMILES string of the molecule is CCOC(=O)c1cnn2c1NC(c1ccco1)CC2C(F)(F)F. The Labute approximate surface area is 129 Å². The number of anilines is 1. The van der Waals surface area contributed by atoms with E-state index in [0.717, 1.165) is 10.9 Å². The summed E-state index contributed by atoms with van der Waals surface area (Å²) in [5, 5.41) is 6.62. The van der Waals surface area contributed by atoms with E-state index in [0.29, 0.717) is 5.76 Å². The van der Waals surface area contributed by atoms with E-state index < -0.39 is 24.2 Å². The number of carbonyl (C=O) groups is 1. The summed E-state index contributed by atoms with van der Waals surface area (Å²) >= 11 is 0. The highest BCUT2D eigenvalue weighted by Gasteiger charge is 2.47. The van der Waals surface area contributed by atoms with Crippen molar-refractivity contribution in [3.63, 3.8) is 0 Å². The first-order valence-electron chi connectivity index (χ1n) is 7.03. The molecule has 0 radical (unpaired) electrons. The van der Waals surface area contributed by atoms with Crippen LogP contribution in [0.3, 0.4) is 0 Å². The van der Waals surface area contributed by atoms with Crippen LogP contribution in [-0.2, 0) is 4.74 Å². The molecule has 2 aromatic heterocycles.